The number of anilines is 1. The van der Waals surface area contributed by atoms with E-state index < -0.39 is 4.92 Å². The van der Waals surface area contributed by atoms with Gasteiger partial charge in [-0.3, -0.25) is 19.9 Å². The highest BCUT2D eigenvalue weighted by atomic mass is 79.9. The summed E-state index contributed by atoms with van der Waals surface area (Å²) in [7, 11) is 1.51. The number of benzene rings is 2. The molecule has 2 aromatic rings. The number of non-ortho nitro benzene ring substituents is 1. The summed E-state index contributed by atoms with van der Waals surface area (Å²) < 4.78 is 5.20. The molecular formula is C16H14BrN3O4. The first-order valence-corrected chi connectivity index (χ1v) is 7.98. The summed E-state index contributed by atoms with van der Waals surface area (Å²) in [5.41, 5.74) is 1.87. The number of rotatable bonds is 6. The molecule has 8 heteroatoms. The van der Waals surface area contributed by atoms with Crippen molar-refractivity contribution in [2.45, 2.75) is 0 Å². The molecule has 7 nitrogen and oxygen atoms in total. The summed E-state index contributed by atoms with van der Waals surface area (Å²) in [5, 5.41) is 13.5. The molecule has 0 heterocycles. The van der Waals surface area contributed by atoms with E-state index in [9.17, 15) is 14.9 Å². The fourth-order valence-electron chi connectivity index (χ4n) is 1.89. The lowest BCUT2D eigenvalue weighted by molar-refractivity contribution is -0.384. The Bertz CT molecular complexity index is 775. The number of halogens is 1. The fraction of sp³-hybridized carbons (Fsp3) is 0.125. The van der Waals surface area contributed by atoms with Gasteiger partial charge in [-0.1, -0.05) is 15.9 Å². The summed E-state index contributed by atoms with van der Waals surface area (Å²) >= 11 is 3.08. The van der Waals surface area contributed by atoms with Gasteiger partial charge in [-0.2, -0.15) is 0 Å². The van der Waals surface area contributed by atoms with Crippen molar-refractivity contribution < 1.29 is 14.5 Å². The SMILES string of the molecule is COc1ccc(N=Cc2ccc([N+](=O)[O-])cc2)cc1NC(=O)CBr. The van der Waals surface area contributed by atoms with Gasteiger partial charge < -0.3 is 10.1 Å². The molecule has 0 atom stereocenters. The molecule has 2 aromatic carbocycles. The summed E-state index contributed by atoms with van der Waals surface area (Å²) in [6, 6.07) is 11.2. The molecule has 0 aliphatic carbocycles. The van der Waals surface area contributed by atoms with Gasteiger partial charge in [-0.05, 0) is 35.9 Å². The first kappa shape index (κ1) is 17.6. The Morgan fingerprint density at radius 3 is 2.62 bits per heavy atom. The zero-order valence-corrected chi connectivity index (χ0v) is 14.3. The average molecular weight is 392 g/mol. The van der Waals surface area contributed by atoms with Gasteiger partial charge in [0, 0.05) is 18.3 Å². The lowest BCUT2D eigenvalue weighted by atomic mass is 10.2. The van der Waals surface area contributed by atoms with Crippen molar-refractivity contribution >= 4 is 45.1 Å². The van der Waals surface area contributed by atoms with Crippen LogP contribution in [0.2, 0.25) is 0 Å². The highest BCUT2D eigenvalue weighted by Gasteiger charge is 2.07. The molecule has 0 aromatic heterocycles. The minimum absolute atomic E-state index is 0.0244. The molecule has 0 bridgehead atoms. The molecule has 0 fully saturated rings. The second-order valence-corrected chi connectivity index (χ2v) is 5.23. The maximum atomic E-state index is 11.5. The number of nitrogens with one attached hydrogen (secondary N) is 1. The van der Waals surface area contributed by atoms with Gasteiger partial charge in [0.2, 0.25) is 5.91 Å². The van der Waals surface area contributed by atoms with Crippen LogP contribution in [0.5, 0.6) is 5.75 Å². The van der Waals surface area contributed by atoms with Crippen LogP contribution < -0.4 is 10.1 Å². The Kier molecular flexibility index (Phi) is 6.02. The standard InChI is InChI=1S/C16H14BrN3O4/c1-24-15-7-4-12(8-14(15)19-16(21)9-17)18-10-11-2-5-13(6-3-11)20(22)23/h2-8,10H,9H2,1H3,(H,19,21). The second kappa shape index (κ2) is 8.21. The maximum absolute atomic E-state index is 11.5. The van der Waals surface area contributed by atoms with E-state index in [2.05, 4.69) is 26.2 Å². The van der Waals surface area contributed by atoms with Crippen LogP contribution >= 0.6 is 15.9 Å². The predicted molar refractivity (Wildman–Crippen MR) is 95.8 cm³/mol. The van der Waals surface area contributed by atoms with Gasteiger partial charge in [0.05, 0.1) is 28.7 Å². The van der Waals surface area contributed by atoms with Crippen LogP contribution in [0.25, 0.3) is 0 Å². The molecule has 0 saturated carbocycles. The third-order valence-corrected chi connectivity index (χ3v) is 3.55. The van der Waals surface area contributed by atoms with Crippen LogP contribution in [-0.2, 0) is 4.79 Å². The number of amides is 1. The van der Waals surface area contributed by atoms with E-state index in [0.717, 1.165) is 5.56 Å². The third kappa shape index (κ3) is 4.63. The van der Waals surface area contributed by atoms with Crippen LogP contribution in [0.3, 0.4) is 0 Å². The van der Waals surface area contributed by atoms with Crippen LogP contribution in [0, 0.1) is 10.1 Å². The molecule has 2 rings (SSSR count). The number of alkyl halides is 1. The summed E-state index contributed by atoms with van der Waals surface area (Å²) in [5.74, 6) is 0.323. The van der Waals surface area contributed by atoms with Gasteiger partial charge >= 0.3 is 0 Å². The van der Waals surface area contributed by atoms with Crippen molar-refractivity contribution in [1.29, 1.82) is 0 Å². The smallest absolute Gasteiger partial charge is 0.269 e. The summed E-state index contributed by atoms with van der Waals surface area (Å²) in [6.45, 7) is 0. The summed E-state index contributed by atoms with van der Waals surface area (Å²) in [4.78, 5) is 26.0. The lowest BCUT2D eigenvalue weighted by Crippen LogP contribution is -2.12. The van der Waals surface area contributed by atoms with E-state index in [1.807, 2.05) is 0 Å². The lowest BCUT2D eigenvalue weighted by Gasteiger charge is -2.09. The van der Waals surface area contributed by atoms with E-state index in [1.54, 1.807) is 36.5 Å². The topological polar surface area (TPSA) is 93.8 Å². The average Bonchev–Trinajstić information content (AvgIpc) is 2.60. The number of ether oxygens (including phenoxy) is 1. The monoisotopic (exact) mass is 391 g/mol. The highest BCUT2D eigenvalue weighted by Crippen LogP contribution is 2.29. The number of aliphatic imine (C=N–C) groups is 1. The van der Waals surface area contributed by atoms with E-state index in [-0.39, 0.29) is 16.9 Å². The molecule has 0 spiro atoms. The molecule has 24 heavy (non-hydrogen) atoms. The minimum atomic E-state index is -0.455. The number of methoxy groups -OCH3 is 1. The van der Waals surface area contributed by atoms with Crippen molar-refractivity contribution in [3.63, 3.8) is 0 Å². The number of nitro benzene ring substituents is 1. The van der Waals surface area contributed by atoms with Gasteiger partial charge in [0.1, 0.15) is 5.75 Å². The quantitative estimate of drug-likeness (QED) is 0.351. The Labute approximate surface area is 146 Å². The molecule has 1 N–H and O–H groups in total. The largest absolute Gasteiger partial charge is 0.495 e. The van der Waals surface area contributed by atoms with Crippen LogP contribution in [-0.4, -0.2) is 29.5 Å². The van der Waals surface area contributed by atoms with Crippen molar-refractivity contribution in [1.82, 2.24) is 0 Å². The molecular weight excluding hydrogens is 378 g/mol. The van der Waals surface area contributed by atoms with E-state index in [4.69, 9.17) is 4.74 Å². The minimum Gasteiger partial charge on any atom is -0.495 e. The number of nitro groups is 1. The Hall–Kier alpha value is -2.74. The van der Waals surface area contributed by atoms with E-state index >= 15 is 0 Å². The third-order valence-electron chi connectivity index (χ3n) is 3.05. The van der Waals surface area contributed by atoms with Crippen LogP contribution in [0.15, 0.2) is 47.5 Å². The zero-order chi connectivity index (χ0) is 17.5. The Morgan fingerprint density at radius 2 is 2.04 bits per heavy atom. The molecule has 0 aliphatic heterocycles. The number of carbonyl (C=O) groups excluding carboxylic acids is 1. The van der Waals surface area contributed by atoms with Crippen LogP contribution in [0.1, 0.15) is 5.56 Å². The summed E-state index contributed by atoms with van der Waals surface area (Å²) in [6.07, 6.45) is 1.58. The second-order valence-electron chi connectivity index (χ2n) is 4.67. The zero-order valence-electron chi connectivity index (χ0n) is 12.7. The van der Waals surface area contributed by atoms with E-state index in [0.29, 0.717) is 17.1 Å². The first-order valence-electron chi connectivity index (χ1n) is 6.86. The van der Waals surface area contributed by atoms with Gasteiger partial charge in [0.25, 0.3) is 5.69 Å². The fourth-order valence-corrected chi connectivity index (χ4v) is 2.03. The van der Waals surface area contributed by atoms with Crippen LogP contribution in [0.4, 0.5) is 17.1 Å². The van der Waals surface area contributed by atoms with Crippen molar-refractivity contribution in [3.05, 3.63) is 58.1 Å². The molecule has 0 unspecified atom stereocenters. The Balaban J connectivity index is 2.20. The van der Waals surface area contributed by atoms with Crippen molar-refractivity contribution in [2.24, 2.45) is 4.99 Å². The number of nitrogens with zero attached hydrogens (tertiary/aromatic N) is 2. The molecule has 0 radical (unpaired) electrons. The van der Waals surface area contributed by atoms with E-state index in [1.165, 1.54) is 19.2 Å². The van der Waals surface area contributed by atoms with Gasteiger partial charge in [-0.25, -0.2) is 0 Å². The normalized spacial score (nSPS) is 10.6. The number of carbonyl (C=O) groups is 1. The number of hydrogen-bond donors (Lipinski definition) is 1. The molecule has 0 saturated heterocycles. The van der Waals surface area contributed by atoms with Crippen molar-refractivity contribution in [2.75, 3.05) is 17.8 Å². The number of hydrogen-bond acceptors (Lipinski definition) is 5. The molecule has 1 amide bonds. The van der Waals surface area contributed by atoms with Gasteiger partial charge in [0.15, 0.2) is 0 Å². The predicted octanol–water partition coefficient (Wildman–Crippen LogP) is 3.69. The maximum Gasteiger partial charge on any atom is 0.269 e. The highest BCUT2D eigenvalue weighted by molar-refractivity contribution is 9.09. The first-order chi connectivity index (χ1) is 11.5. The van der Waals surface area contributed by atoms with Gasteiger partial charge in [-0.15, -0.1) is 0 Å². The molecule has 124 valence electrons. The van der Waals surface area contributed by atoms with Crippen molar-refractivity contribution in [3.8, 4) is 5.75 Å². The Morgan fingerprint density at radius 1 is 1.33 bits per heavy atom. The molecule has 0 aliphatic rings.